The number of alkyl halides is 9. The smallest absolute Gasteiger partial charge is 0.404 e. The van der Waals surface area contributed by atoms with E-state index in [1.807, 2.05) is 0 Å². The molecule has 0 saturated heterocycles. The third-order valence-corrected chi connectivity index (χ3v) is 1.84. The Hall–Kier alpha value is -1.61. The minimum Gasteiger partial charge on any atom is -0.404 e. The topological polar surface area (TPSA) is 9.23 Å². The summed E-state index contributed by atoms with van der Waals surface area (Å²) >= 11 is 0. The molecule has 0 fully saturated rings. The number of para-hydroxylation sites is 1. The highest BCUT2D eigenvalue weighted by atomic mass is 19.4. The van der Waals surface area contributed by atoms with E-state index < -0.39 is 35.6 Å². The monoisotopic (exact) mass is 298 g/mol. The second-order valence-electron chi connectivity index (χ2n) is 3.23. The fourth-order valence-corrected chi connectivity index (χ4v) is 1.21. The lowest BCUT2D eigenvalue weighted by Crippen LogP contribution is -2.23. The van der Waals surface area contributed by atoms with Crippen molar-refractivity contribution >= 4 is 0 Å². The average Bonchev–Trinajstić information content (AvgIpc) is 2.11. The van der Waals surface area contributed by atoms with Crippen molar-refractivity contribution < 1.29 is 44.3 Å². The van der Waals surface area contributed by atoms with Crippen LogP contribution >= 0.6 is 0 Å². The van der Waals surface area contributed by atoms with Crippen LogP contribution in [0.1, 0.15) is 11.1 Å². The maximum Gasteiger partial charge on any atom is 0.573 e. The van der Waals surface area contributed by atoms with Crippen LogP contribution in [0, 0.1) is 0 Å². The first kappa shape index (κ1) is 15.4. The summed E-state index contributed by atoms with van der Waals surface area (Å²) in [6, 6.07) is 0.474. The van der Waals surface area contributed by atoms with Gasteiger partial charge in [0.15, 0.2) is 5.75 Å². The van der Waals surface area contributed by atoms with E-state index in [1.54, 1.807) is 0 Å². The zero-order valence-electron chi connectivity index (χ0n) is 8.54. The molecule has 0 saturated carbocycles. The number of rotatable bonds is 1. The quantitative estimate of drug-likeness (QED) is 0.687. The Balaban J connectivity index is 3.51. The first-order chi connectivity index (χ1) is 8.32. The van der Waals surface area contributed by atoms with Crippen LogP contribution < -0.4 is 4.74 Å². The molecule has 1 aromatic carbocycles. The molecule has 0 aliphatic rings. The maximum atomic E-state index is 12.4. The fourth-order valence-electron chi connectivity index (χ4n) is 1.21. The van der Waals surface area contributed by atoms with Gasteiger partial charge in [-0.3, -0.25) is 0 Å². The molecule has 0 spiro atoms. The van der Waals surface area contributed by atoms with Gasteiger partial charge < -0.3 is 4.74 Å². The fraction of sp³-hybridized carbons (Fsp3) is 0.333. The number of hydrogen-bond donors (Lipinski definition) is 0. The molecule has 0 aromatic heterocycles. The van der Waals surface area contributed by atoms with E-state index in [-0.39, 0.29) is 12.1 Å². The van der Waals surface area contributed by atoms with Crippen LogP contribution in [0.3, 0.4) is 0 Å². The summed E-state index contributed by atoms with van der Waals surface area (Å²) in [5, 5.41) is 0. The number of benzene rings is 1. The van der Waals surface area contributed by atoms with Crippen molar-refractivity contribution in [3.63, 3.8) is 0 Å². The molecule has 19 heavy (non-hydrogen) atoms. The lowest BCUT2D eigenvalue weighted by atomic mass is 10.1. The van der Waals surface area contributed by atoms with Gasteiger partial charge in [0.05, 0.1) is 11.1 Å². The Labute approximate surface area is 99.1 Å². The maximum absolute atomic E-state index is 12.4. The highest BCUT2D eigenvalue weighted by molar-refractivity contribution is 5.45. The molecule has 0 N–H and O–H groups in total. The van der Waals surface area contributed by atoms with Crippen molar-refractivity contribution in [1.82, 2.24) is 0 Å². The molecular weight excluding hydrogens is 295 g/mol. The highest BCUT2D eigenvalue weighted by Gasteiger charge is 2.45. The molecule has 0 unspecified atom stereocenters. The predicted molar refractivity (Wildman–Crippen MR) is 43.1 cm³/mol. The van der Waals surface area contributed by atoms with Gasteiger partial charge in [-0.1, -0.05) is 6.07 Å². The molecule has 0 radical (unpaired) electrons. The first-order valence-electron chi connectivity index (χ1n) is 4.35. The van der Waals surface area contributed by atoms with Crippen molar-refractivity contribution in [2.75, 3.05) is 0 Å². The standard InChI is InChI=1S/C9H3F9O/c10-7(11,12)4-2-1-3-5(8(13,14)15)6(4)19-9(16,17)18/h1-3H. The van der Waals surface area contributed by atoms with Crippen LogP contribution in [0.25, 0.3) is 0 Å². The third kappa shape index (κ3) is 3.93. The van der Waals surface area contributed by atoms with E-state index >= 15 is 0 Å². The van der Waals surface area contributed by atoms with E-state index in [0.717, 1.165) is 0 Å². The zero-order chi connectivity index (χ0) is 15.1. The van der Waals surface area contributed by atoms with Gasteiger partial charge in [-0.2, -0.15) is 26.3 Å². The SMILES string of the molecule is FC(F)(F)Oc1c(C(F)(F)F)cccc1C(F)(F)F. The number of halogens is 9. The molecule has 0 aliphatic heterocycles. The van der Waals surface area contributed by atoms with Crippen molar-refractivity contribution in [1.29, 1.82) is 0 Å². The van der Waals surface area contributed by atoms with Gasteiger partial charge in [0.25, 0.3) is 0 Å². The van der Waals surface area contributed by atoms with Gasteiger partial charge in [0.2, 0.25) is 0 Å². The molecule has 108 valence electrons. The van der Waals surface area contributed by atoms with Gasteiger partial charge in [0.1, 0.15) is 0 Å². The van der Waals surface area contributed by atoms with Crippen LogP contribution in [0.2, 0.25) is 0 Å². The summed E-state index contributed by atoms with van der Waals surface area (Å²) in [5.74, 6) is -2.31. The largest absolute Gasteiger partial charge is 0.573 e. The van der Waals surface area contributed by atoms with E-state index in [0.29, 0.717) is 6.07 Å². The summed E-state index contributed by atoms with van der Waals surface area (Å²) < 4.78 is 113. The second-order valence-corrected chi connectivity index (χ2v) is 3.23. The van der Waals surface area contributed by atoms with Crippen LogP contribution in [0.5, 0.6) is 5.75 Å². The molecule has 0 bridgehead atoms. The minimum atomic E-state index is -5.68. The molecule has 1 rings (SSSR count). The summed E-state index contributed by atoms with van der Waals surface area (Å²) in [6.45, 7) is 0. The van der Waals surface area contributed by atoms with E-state index in [9.17, 15) is 39.5 Å². The molecule has 0 amide bonds. The molecule has 0 atom stereocenters. The van der Waals surface area contributed by atoms with E-state index in [2.05, 4.69) is 4.74 Å². The van der Waals surface area contributed by atoms with Gasteiger partial charge in [-0.05, 0) is 12.1 Å². The lowest BCUT2D eigenvalue weighted by molar-refractivity contribution is -0.278. The Morgan fingerprint density at radius 1 is 0.684 bits per heavy atom. The van der Waals surface area contributed by atoms with Gasteiger partial charge >= 0.3 is 18.7 Å². The molecule has 0 heterocycles. The van der Waals surface area contributed by atoms with E-state index in [1.165, 1.54) is 0 Å². The molecule has 10 heteroatoms. The van der Waals surface area contributed by atoms with Crippen LogP contribution in [0.4, 0.5) is 39.5 Å². The third-order valence-electron chi connectivity index (χ3n) is 1.84. The van der Waals surface area contributed by atoms with Crippen molar-refractivity contribution in [3.8, 4) is 5.75 Å². The van der Waals surface area contributed by atoms with Gasteiger partial charge in [-0.25, -0.2) is 0 Å². The molecule has 1 nitrogen and oxygen atoms in total. The Morgan fingerprint density at radius 3 is 1.32 bits per heavy atom. The zero-order valence-corrected chi connectivity index (χ0v) is 8.54. The Kier molecular flexibility index (Phi) is 3.65. The summed E-state index contributed by atoms with van der Waals surface area (Å²) in [6.07, 6.45) is -16.5. The van der Waals surface area contributed by atoms with Crippen LogP contribution in [-0.2, 0) is 12.4 Å². The van der Waals surface area contributed by atoms with Crippen molar-refractivity contribution in [2.24, 2.45) is 0 Å². The number of hydrogen-bond acceptors (Lipinski definition) is 1. The summed E-state index contributed by atoms with van der Waals surface area (Å²) in [7, 11) is 0. The minimum absolute atomic E-state index is 0.0658. The average molecular weight is 298 g/mol. The lowest BCUT2D eigenvalue weighted by Gasteiger charge is -2.19. The van der Waals surface area contributed by atoms with Crippen molar-refractivity contribution in [2.45, 2.75) is 18.7 Å². The summed E-state index contributed by atoms with van der Waals surface area (Å²) in [5.41, 5.74) is -4.31. The Morgan fingerprint density at radius 2 is 1.05 bits per heavy atom. The number of ether oxygens (including phenoxy) is 1. The second kappa shape index (κ2) is 4.49. The molecule has 1 aromatic rings. The van der Waals surface area contributed by atoms with E-state index in [4.69, 9.17) is 0 Å². The normalized spacial score (nSPS) is 13.5. The highest BCUT2D eigenvalue weighted by Crippen LogP contribution is 2.45. The van der Waals surface area contributed by atoms with Gasteiger partial charge in [-0.15, -0.1) is 13.2 Å². The van der Waals surface area contributed by atoms with Crippen LogP contribution in [0.15, 0.2) is 18.2 Å². The van der Waals surface area contributed by atoms with Crippen LogP contribution in [-0.4, -0.2) is 6.36 Å². The summed E-state index contributed by atoms with van der Waals surface area (Å²) in [4.78, 5) is 0. The predicted octanol–water partition coefficient (Wildman–Crippen LogP) is 4.62. The Bertz CT molecular complexity index is 422. The van der Waals surface area contributed by atoms with Crippen molar-refractivity contribution in [3.05, 3.63) is 29.3 Å². The first-order valence-corrected chi connectivity index (χ1v) is 4.35. The molecule has 0 aliphatic carbocycles. The van der Waals surface area contributed by atoms with Gasteiger partial charge in [0, 0.05) is 0 Å². The molecular formula is C9H3F9O.